The summed E-state index contributed by atoms with van der Waals surface area (Å²) in [5.74, 6) is -0.677. The molecule has 6 aromatic rings. The first-order valence-corrected chi connectivity index (χ1v) is 23.2. The van der Waals surface area contributed by atoms with Crippen LogP contribution in [0.3, 0.4) is 0 Å². The van der Waals surface area contributed by atoms with Crippen molar-refractivity contribution in [2.45, 2.75) is 53.0 Å². The molecular weight excluding hydrogens is 959 g/mol. The molecule has 2 fully saturated rings. The van der Waals surface area contributed by atoms with Crippen molar-refractivity contribution in [3.63, 3.8) is 0 Å². The molecule has 4 aliphatic heterocycles. The largest absolute Gasteiger partial charge is 0.486 e. The smallest absolute Gasteiger partial charge is 0.380 e. The molecule has 71 heavy (non-hydrogen) atoms. The molecule has 1 amide bonds. The zero-order valence-electron chi connectivity index (χ0n) is 37.8. The van der Waals surface area contributed by atoms with Gasteiger partial charge in [-0.05, 0) is 95.8 Å². The quantitative estimate of drug-likeness (QED) is 0.0553. The number of halogens is 2. The number of carbonyl (C=O) groups is 4. The highest BCUT2D eigenvalue weighted by molar-refractivity contribution is 6.42. The Labute approximate surface area is 421 Å². The summed E-state index contributed by atoms with van der Waals surface area (Å²) in [6, 6.07) is 22.3. The molecule has 0 saturated carbocycles. The van der Waals surface area contributed by atoms with E-state index >= 15 is 0 Å². The number of hydrogen-bond acceptors (Lipinski definition) is 15. The molecule has 17 nitrogen and oxygen atoms in total. The number of hydrogen-bond donors (Lipinski definition) is 5. The molecule has 4 aromatic carbocycles. The fraction of sp³-hybridized carbons (Fsp3) is 0.385. The molecule has 380 valence electrons. The average molecular weight is 1020 g/mol. The van der Waals surface area contributed by atoms with Gasteiger partial charge in [0.05, 0.1) is 12.1 Å². The van der Waals surface area contributed by atoms with E-state index in [-0.39, 0.29) is 32.4 Å². The number of aliphatic hydroxyl groups is 2. The van der Waals surface area contributed by atoms with E-state index in [1.165, 1.54) is 12.1 Å². The normalized spacial score (nSPS) is 16.9. The van der Waals surface area contributed by atoms with Crippen LogP contribution in [0.25, 0.3) is 21.9 Å². The van der Waals surface area contributed by atoms with Crippen molar-refractivity contribution in [3.8, 4) is 23.0 Å². The van der Waals surface area contributed by atoms with Crippen LogP contribution in [0.15, 0.2) is 93.8 Å². The second-order valence-electron chi connectivity index (χ2n) is 17.6. The lowest BCUT2D eigenvalue weighted by atomic mass is 9.97. The lowest BCUT2D eigenvalue weighted by Gasteiger charge is -2.40. The monoisotopic (exact) mass is 1020 g/mol. The number of carboxylic acids is 1. The molecule has 19 heteroatoms. The Balaban J connectivity index is 0.000000189. The summed E-state index contributed by atoms with van der Waals surface area (Å²) in [5, 5.41) is 35.0. The summed E-state index contributed by atoms with van der Waals surface area (Å²) in [5.41, 5.74) is 8.36. The molecule has 2 saturated heterocycles. The maximum absolute atomic E-state index is 12.9. The minimum absolute atomic E-state index is 0. The number of furan rings is 2. The number of aliphatic carboxylic acids is 1. The molecule has 10 rings (SSSR count). The molecule has 0 bridgehead atoms. The van der Waals surface area contributed by atoms with Crippen LogP contribution in [-0.4, -0.2) is 126 Å². The minimum Gasteiger partial charge on any atom is -0.486 e. The van der Waals surface area contributed by atoms with Gasteiger partial charge in [0, 0.05) is 66.1 Å². The van der Waals surface area contributed by atoms with Crippen LogP contribution in [-0.2, 0) is 9.59 Å². The molecule has 6 N–H and O–H groups in total. The van der Waals surface area contributed by atoms with Gasteiger partial charge in [-0.1, -0.05) is 64.0 Å². The van der Waals surface area contributed by atoms with E-state index in [0.29, 0.717) is 93.7 Å². The Kier molecular flexibility index (Phi) is 18.2. The Bertz CT molecular complexity index is 2840. The number of aliphatic hydroxyl groups excluding tert-OH is 2. The predicted octanol–water partition coefficient (Wildman–Crippen LogP) is 7.61. The number of amides is 1. The molecule has 2 aromatic heterocycles. The van der Waals surface area contributed by atoms with Gasteiger partial charge in [0.2, 0.25) is 0 Å². The van der Waals surface area contributed by atoms with E-state index in [2.05, 4.69) is 29.0 Å². The van der Waals surface area contributed by atoms with E-state index in [9.17, 15) is 29.4 Å². The summed E-state index contributed by atoms with van der Waals surface area (Å²) in [6.07, 6.45) is -1.74. The van der Waals surface area contributed by atoms with Crippen LogP contribution in [0.2, 0.25) is 10.0 Å². The SMILES string of the molecule is C.C.CC1CN(C[C@@H](N)[C@H](O)c2ccc3c(c2)OCCO3)C1.CC1CN(C[C@@H](NC(=O)C(=O)c2cc3cc(Cl)ccc3o2)[C@H](O)c2ccc3c(c2)OCCO3)C1.O=C(O)C(=O)c1cc2cc(Cl)ccc2o1. The van der Waals surface area contributed by atoms with Gasteiger partial charge in [0.1, 0.15) is 43.7 Å². The van der Waals surface area contributed by atoms with Crippen LogP contribution in [0.1, 0.15) is 73.1 Å². The van der Waals surface area contributed by atoms with Gasteiger partial charge in [-0.3, -0.25) is 14.4 Å². The van der Waals surface area contributed by atoms with E-state index in [4.69, 9.17) is 61.8 Å². The van der Waals surface area contributed by atoms with Crippen LogP contribution in [0, 0.1) is 11.8 Å². The third-order valence-electron chi connectivity index (χ3n) is 11.9. The molecule has 0 unspecified atom stereocenters. The highest BCUT2D eigenvalue weighted by Crippen LogP contribution is 2.35. The zero-order chi connectivity index (χ0) is 48.9. The molecular formula is C52H60Cl2N4O13. The maximum Gasteiger partial charge on any atom is 0.380 e. The number of carbonyl (C=O) groups excluding carboxylic acids is 3. The summed E-state index contributed by atoms with van der Waals surface area (Å²) in [4.78, 5) is 51.6. The third-order valence-corrected chi connectivity index (χ3v) is 12.4. The van der Waals surface area contributed by atoms with Crippen LogP contribution in [0.5, 0.6) is 23.0 Å². The van der Waals surface area contributed by atoms with E-state index in [1.54, 1.807) is 54.6 Å². The number of ether oxygens (including phenoxy) is 4. The third kappa shape index (κ3) is 13.2. The first-order valence-electron chi connectivity index (χ1n) is 22.4. The number of likely N-dealkylation sites (tertiary alicyclic amines) is 2. The highest BCUT2D eigenvalue weighted by atomic mass is 35.5. The molecule has 0 spiro atoms. The van der Waals surface area contributed by atoms with E-state index < -0.39 is 41.7 Å². The Morgan fingerprint density at radius 2 is 1.06 bits per heavy atom. The number of rotatable bonds is 13. The molecule has 0 radical (unpaired) electrons. The number of nitrogens with one attached hydrogen (secondary N) is 1. The number of carboxylic acid groups (broad SMARTS) is 1. The van der Waals surface area contributed by atoms with Gasteiger partial charge >= 0.3 is 11.8 Å². The van der Waals surface area contributed by atoms with Gasteiger partial charge in [-0.25, -0.2) is 4.79 Å². The van der Waals surface area contributed by atoms with Crippen LogP contribution in [0.4, 0.5) is 0 Å². The van der Waals surface area contributed by atoms with E-state index in [0.717, 1.165) is 50.0 Å². The molecule has 4 aliphatic rings. The fourth-order valence-electron chi connectivity index (χ4n) is 8.53. The Hall–Kier alpha value is -6.18. The number of ketones is 2. The number of nitrogens with zero attached hydrogens (tertiary/aromatic N) is 2. The summed E-state index contributed by atoms with van der Waals surface area (Å²) >= 11 is 11.7. The van der Waals surface area contributed by atoms with Crippen molar-refractivity contribution in [1.82, 2.24) is 15.1 Å². The molecule has 4 atom stereocenters. The second-order valence-corrected chi connectivity index (χ2v) is 18.5. The number of benzene rings is 4. The average Bonchev–Trinajstić information content (AvgIpc) is 3.95. The lowest BCUT2D eigenvalue weighted by molar-refractivity contribution is -0.132. The predicted molar refractivity (Wildman–Crippen MR) is 268 cm³/mol. The van der Waals surface area contributed by atoms with Crippen molar-refractivity contribution >= 4 is 68.6 Å². The van der Waals surface area contributed by atoms with E-state index in [1.807, 2.05) is 18.2 Å². The van der Waals surface area contributed by atoms with Crippen molar-refractivity contribution in [2.75, 3.05) is 65.7 Å². The number of nitrogens with two attached hydrogens (primary N) is 1. The Morgan fingerprint density at radius 1 is 0.620 bits per heavy atom. The molecule has 0 aliphatic carbocycles. The highest BCUT2D eigenvalue weighted by Gasteiger charge is 2.34. The van der Waals surface area contributed by atoms with Gasteiger partial charge in [0.15, 0.2) is 34.5 Å². The van der Waals surface area contributed by atoms with Crippen molar-refractivity contribution in [3.05, 3.63) is 118 Å². The van der Waals surface area contributed by atoms with Gasteiger partial charge in [0.25, 0.3) is 11.7 Å². The van der Waals surface area contributed by atoms with Gasteiger partial charge in [-0.15, -0.1) is 0 Å². The van der Waals surface area contributed by atoms with Crippen LogP contribution < -0.4 is 30.0 Å². The number of fused-ring (bicyclic) bond motifs is 4. The first kappa shape index (κ1) is 54.2. The van der Waals surface area contributed by atoms with Crippen molar-refractivity contribution in [2.24, 2.45) is 17.6 Å². The first-order chi connectivity index (χ1) is 33.1. The molecule has 6 heterocycles. The topological polar surface area (TPSA) is 237 Å². The summed E-state index contributed by atoms with van der Waals surface area (Å²) in [6.45, 7) is 11.4. The van der Waals surface area contributed by atoms with Gasteiger partial charge < -0.3 is 64.0 Å². The van der Waals surface area contributed by atoms with Gasteiger partial charge in [-0.2, -0.15) is 0 Å². The zero-order valence-corrected chi connectivity index (χ0v) is 39.3. The standard InChI is InChI=1S/C25H25ClN2O6.C15H22N2O3.C10H5ClO4.2CH4/c1-14-11-28(12-14)13-18(23(29)15-2-4-20-21(9-15)33-7-6-32-20)27-25(31)24(30)22-10-16-8-17(26)3-5-19(16)34-22;1-10-7-17(8-10)9-12(16)15(18)11-2-3-13-14(6-11)20-5-4-19-13;11-6-1-2-7-5(3-6)4-8(15-7)9(12)10(13)14;;/h2-5,8-10,14,18,23,29H,6-7,11-13H2,1H3,(H,27,31);2-3,6,10,12,15,18H,4-5,7-9,16H2,1H3;1-4H,(H,13,14);2*1H4/t18-,23-;12-,15-;;;/m11.../s1. The van der Waals surface area contributed by atoms with Crippen molar-refractivity contribution < 1.29 is 62.3 Å². The lowest BCUT2D eigenvalue weighted by Crippen LogP contribution is -2.54. The van der Waals surface area contributed by atoms with Crippen molar-refractivity contribution in [1.29, 1.82) is 0 Å². The second kappa shape index (κ2) is 23.8. The minimum atomic E-state index is -1.54. The maximum atomic E-state index is 12.9. The Morgan fingerprint density at radius 3 is 1.52 bits per heavy atom. The van der Waals surface area contributed by atoms with Crippen LogP contribution >= 0.6 is 23.2 Å². The fourth-order valence-corrected chi connectivity index (χ4v) is 8.89. The number of Topliss-reactive ketones (excluding diaryl/α,β-unsaturated/α-hetero) is 2. The summed E-state index contributed by atoms with van der Waals surface area (Å²) < 4.78 is 32.8. The summed E-state index contributed by atoms with van der Waals surface area (Å²) in [7, 11) is 0.